The molecular weight excluding hydrogens is 404 g/mol. The Labute approximate surface area is 188 Å². The van der Waals surface area contributed by atoms with Gasteiger partial charge in [-0.3, -0.25) is 9.69 Å². The van der Waals surface area contributed by atoms with Gasteiger partial charge < -0.3 is 14.6 Å². The van der Waals surface area contributed by atoms with E-state index in [1.165, 1.54) is 0 Å². The van der Waals surface area contributed by atoms with Crippen LogP contribution in [0.15, 0.2) is 34.9 Å². The highest BCUT2D eigenvalue weighted by Crippen LogP contribution is 2.29. The molecule has 5 rings (SSSR count). The topological polar surface area (TPSA) is 87.4 Å². The van der Waals surface area contributed by atoms with Crippen LogP contribution in [0.4, 0.5) is 5.82 Å². The first-order chi connectivity index (χ1) is 15.5. The second-order valence-electron chi connectivity index (χ2n) is 9.09. The molecule has 1 saturated heterocycles. The van der Waals surface area contributed by atoms with Gasteiger partial charge >= 0.3 is 0 Å². The molecule has 8 nitrogen and oxygen atoms in total. The number of hydrogen-bond donors (Lipinski definition) is 1. The highest BCUT2D eigenvalue weighted by molar-refractivity contribution is 5.94. The molecule has 2 aromatic heterocycles. The van der Waals surface area contributed by atoms with E-state index in [1.807, 2.05) is 31.2 Å². The van der Waals surface area contributed by atoms with Gasteiger partial charge in [0.05, 0.1) is 5.52 Å². The maximum atomic E-state index is 12.9. The number of fused-ring (bicyclic) bond motifs is 1. The SMILES string of the molecule is Cc1nc(-c2ccc3nnc(NC(=O)C4CCC(N5CCN(C)CC5)CC4)cc3c2)co1. The summed E-state index contributed by atoms with van der Waals surface area (Å²) >= 11 is 0. The number of nitrogens with one attached hydrogen (secondary N) is 1. The molecule has 0 bridgehead atoms. The molecule has 2 aliphatic rings. The van der Waals surface area contributed by atoms with E-state index in [2.05, 4.69) is 37.3 Å². The maximum absolute atomic E-state index is 12.9. The van der Waals surface area contributed by atoms with E-state index in [9.17, 15) is 4.79 Å². The van der Waals surface area contributed by atoms with Crippen molar-refractivity contribution in [1.82, 2.24) is 25.0 Å². The van der Waals surface area contributed by atoms with Crippen molar-refractivity contribution in [1.29, 1.82) is 0 Å². The lowest BCUT2D eigenvalue weighted by atomic mass is 9.84. The molecule has 1 saturated carbocycles. The average molecular weight is 435 g/mol. The minimum Gasteiger partial charge on any atom is -0.449 e. The quantitative estimate of drug-likeness (QED) is 0.674. The Kier molecular flexibility index (Phi) is 5.89. The number of carbonyl (C=O) groups is 1. The van der Waals surface area contributed by atoms with Crippen molar-refractivity contribution in [2.24, 2.45) is 5.92 Å². The molecule has 3 aromatic rings. The number of aryl methyl sites for hydroxylation is 1. The molecule has 1 aromatic carbocycles. The van der Waals surface area contributed by atoms with Gasteiger partial charge in [-0.1, -0.05) is 6.07 Å². The molecule has 1 amide bonds. The van der Waals surface area contributed by atoms with Gasteiger partial charge in [0, 0.05) is 56.0 Å². The largest absolute Gasteiger partial charge is 0.449 e. The number of anilines is 1. The first-order valence-electron chi connectivity index (χ1n) is 11.5. The highest BCUT2D eigenvalue weighted by atomic mass is 16.3. The van der Waals surface area contributed by atoms with Crippen LogP contribution in [0.25, 0.3) is 22.2 Å². The van der Waals surface area contributed by atoms with Crippen LogP contribution < -0.4 is 5.32 Å². The van der Waals surface area contributed by atoms with Crippen molar-refractivity contribution in [3.05, 3.63) is 36.4 Å². The molecule has 1 aliphatic carbocycles. The van der Waals surface area contributed by atoms with Gasteiger partial charge in [0.2, 0.25) is 5.91 Å². The molecule has 8 heteroatoms. The summed E-state index contributed by atoms with van der Waals surface area (Å²) in [6, 6.07) is 8.36. The minimum atomic E-state index is 0.0423. The van der Waals surface area contributed by atoms with Crippen molar-refractivity contribution in [3.8, 4) is 11.3 Å². The van der Waals surface area contributed by atoms with Crippen LogP contribution in [0, 0.1) is 12.8 Å². The number of rotatable bonds is 4. The Morgan fingerprint density at radius 3 is 2.56 bits per heavy atom. The number of benzene rings is 1. The monoisotopic (exact) mass is 434 g/mol. The van der Waals surface area contributed by atoms with Gasteiger partial charge in [-0.05, 0) is 50.9 Å². The van der Waals surface area contributed by atoms with Crippen LogP contribution in [0.1, 0.15) is 31.6 Å². The lowest BCUT2D eigenvalue weighted by Gasteiger charge is -2.40. The summed E-state index contributed by atoms with van der Waals surface area (Å²) in [5.74, 6) is 1.22. The first-order valence-corrected chi connectivity index (χ1v) is 11.5. The summed E-state index contributed by atoms with van der Waals surface area (Å²) in [6.45, 7) is 6.38. The predicted octanol–water partition coefficient (Wildman–Crippen LogP) is 3.34. The van der Waals surface area contributed by atoms with Gasteiger partial charge in [0.25, 0.3) is 0 Å². The normalized spacial score (nSPS) is 22.8. The van der Waals surface area contributed by atoms with Crippen LogP contribution in [-0.2, 0) is 4.79 Å². The van der Waals surface area contributed by atoms with Crippen LogP contribution in [0.2, 0.25) is 0 Å². The first kappa shape index (κ1) is 21.0. The number of oxazole rings is 1. The Morgan fingerprint density at radius 2 is 1.84 bits per heavy atom. The summed E-state index contributed by atoms with van der Waals surface area (Å²) in [4.78, 5) is 22.3. The molecular formula is C24H30N6O2. The summed E-state index contributed by atoms with van der Waals surface area (Å²) < 4.78 is 5.32. The number of carbonyl (C=O) groups excluding carboxylic acids is 1. The van der Waals surface area contributed by atoms with Crippen molar-refractivity contribution in [2.45, 2.75) is 38.6 Å². The number of likely N-dealkylation sites (N-methyl/N-ethyl adjacent to an activating group) is 1. The lowest BCUT2D eigenvalue weighted by molar-refractivity contribution is -0.121. The number of piperazine rings is 1. The standard InChI is InChI=1S/C24H30N6O2/c1-16-25-22(15-32-16)18-5-8-21-19(13-18)14-23(28-27-21)26-24(31)17-3-6-20(7-4-17)30-11-9-29(2)10-12-30/h5,8,13-15,17,20H,3-4,6-7,9-12H2,1-2H3,(H,26,28,31). The molecule has 0 atom stereocenters. The average Bonchev–Trinajstić information content (AvgIpc) is 3.25. The molecule has 32 heavy (non-hydrogen) atoms. The second-order valence-corrected chi connectivity index (χ2v) is 9.09. The van der Waals surface area contributed by atoms with Gasteiger partial charge in [-0.25, -0.2) is 4.98 Å². The minimum absolute atomic E-state index is 0.0423. The third-order valence-corrected chi connectivity index (χ3v) is 6.87. The summed E-state index contributed by atoms with van der Waals surface area (Å²) in [6.07, 6.45) is 5.68. The molecule has 0 unspecified atom stereocenters. The third kappa shape index (κ3) is 4.52. The van der Waals surface area contributed by atoms with Crippen molar-refractivity contribution in [2.75, 3.05) is 38.5 Å². The van der Waals surface area contributed by atoms with E-state index in [1.54, 1.807) is 6.26 Å². The zero-order valence-corrected chi connectivity index (χ0v) is 18.8. The third-order valence-electron chi connectivity index (χ3n) is 6.87. The molecule has 1 aliphatic heterocycles. The zero-order chi connectivity index (χ0) is 22.1. The van der Waals surface area contributed by atoms with E-state index in [4.69, 9.17) is 4.42 Å². The maximum Gasteiger partial charge on any atom is 0.228 e. The van der Waals surface area contributed by atoms with Crippen LogP contribution in [0.3, 0.4) is 0 Å². The van der Waals surface area contributed by atoms with Gasteiger partial charge in [0.15, 0.2) is 11.7 Å². The number of hydrogen-bond acceptors (Lipinski definition) is 7. The van der Waals surface area contributed by atoms with E-state index < -0.39 is 0 Å². The molecule has 1 N–H and O–H groups in total. The van der Waals surface area contributed by atoms with Crippen LogP contribution >= 0.6 is 0 Å². The summed E-state index contributed by atoms with van der Waals surface area (Å²) in [7, 11) is 2.18. The van der Waals surface area contributed by atoms with E-state index in [0.29, 0.717) is 17.8 Å². The Balaban J connectivity index is 1.22. The van der Waals surface area contributed by atoms with Crippen LogP contribution in [-0.4, -0.2) is 70.2 Å². The van der Waals surface area contributed by atoms with Crippen molar-refractivity contribution >= 4 is 22.6 Å². The summed E-state index contributed by atoms with van der Waals surface area (Å²) in [5, 5.41) is 12.4. The molecule has 2 fully saturated rings. The number of nitrogens with zero attached hydrogens (tertiary/aromatic N) is 5. The Hall–Kier alpha value is -2.84. The number of aromatic nitrogens is 3. The van der Waals surface area contributed by atoms with E-state index >= 15 is 0 Å². The van der Waals surface area contributed by atoms with Crippen molar-refractivity contribution < 1.29 is 9.21 Å². The lowest BCUT2D eigenvalue weighted by Crippen LogP contribution is -2.50. The van der Waals surface area contributed by atoms with E-state index in [0.717, 1.165) is 74.0 Å². The molecule has 3 heterocycles. The van der Waals surface area contributed by atoms with E-state index in [-0.39, 0.29) is 11.8 Å². The zero-order valence-electron chi connectivity index (χ0n) is 18.8. The van der Waals surface area contributed by atoms with Crippen molar-refractivity contribution in [3.63, 3.8) is 0 Å². The predicted molar refractivity (Wildman–Crippen MR) is 123 cm³/mol. The fourth-order valence-electron chi connectivity index (χ4n) is 4.88. The smallest absolute Gasteiger partial charge is 0.228 e. The second kappa shape index (κ2) is 8.96. The fraction of sp³-hybridized carbons (Fsp3) is 0.500. The Morgan fingerprint density at radius 1 is 1.06 bits per heavy atom. The Bertz CT molecular complexity index is 1100. The van der Waals surface area contributed by atoms with Gasteiger partial charge in [-0.15, -0.1) is 10.2 Å². The van der Waals surface area contributed by atoms with Gasteiger partial charge in [0.1, 0.15) is 12.0 Å². The summed E-state index contributed by atoms with van der Waals surface area (Å²) in [5.41, 5.74) is 2.51. The molecule has 168 valence electrons. The van der Waals surface area contributed by atoms with Crippen LogP contribution in [0.5, 0.6) is 0 Å². The molecule has 0 radical (unpaired) electrons. The highest BCUT2D eigenvalue weighted by Gasteiger charge is 2.30. The fourth-order valence-corrected chi connectivity index (χ4v) is 4.88. The molecule has 0 spiro atoms. The van der Waals surface area contributed by atoms with Gasteiger partial charge in [-0.2, -0.15) is 0 Å². The number of amides is 1.